The van der Waals surface area contributed by atoms with E-state index in [2.05, 4.69) is 4.98 Å². The third-order valence-electron chi connectivity index (χ3n) is 2.82. The molecule has 0 bridgehead atoms. The Hall–Kier alpha value is -1.79. The maximum Gasteiger partial charge on any atom is 0.511 e. The molecule has 0 amide bonds. The molecule has 2 aromatic heterocycles. The van der Waals surface area contributed by atoms with Crippen molar-refractivity contribution in [1.29, 1.82) is 0 Å². The van der Waals surface area contributed by atoms with Crippen molar-refractivity contribution in [2.75, 3.05) is 0 Å². The Morgan fingerprint density at radius 2 is 1.53 bits per heavy atom. The molecule has 0 aliphatic rings. The Labute approximate surface area is 112 Å². The first-order valence-electron chi connectivity index (χ1n) is 5.93. The van der Waals surface area contributed by atoms with E-state index in [0.717, 1.165) is 28.8 Å². The first kappa shape index (κ1) is 13.6. The fourth-order valence-corrected chi connectivity index (χ4v) is 2.24. The average molecular weight is 279 g/mol. The van der Waals surface area contributed by atoms with Crippen molar-refractivity contribution < 1.29 is 16.9 Å². The number of hydrogen-bond donors (Lipinski definition) is 1. The Kier molecular flexibility index (Phi) is 4.24. The first-order valence-corrected chi connectivity index (χ1v) is 7.32. The highest BCUT2D eigenvalue weighted by Gasteiger charge is 2.16. The summed E-state index contributed by atoms with van der Waals surface area (Å²) in [5.74, 6) is 0. The first-order chi connectivity index (χ1) is 9.05. The van der Waals surface area contributed by atoms with Gasteiger partial charge in [0.15, 0.2) is 12.4 Å². The maximum absolute atomic E-state index is 10.9. The quantitative estimate of drug-likeness (QED) is 0.659. The fourth-order valence-electron chi connectivity index (χ4n) is 1.81. The van der Waals surface area contributed by atoms with Gasteiger partial charge in [0.1, 0.15) is 0 Å². The minimum absolute atomic E-state index is 0.777. The van der Waals surface area contributed by atoms with Crippen LogP contribution >= 0.6 is 0 Å². The van der Waals surface area contributed by atoms with Crippen molar-refractivity contribution in [3.63, 3.8) is 0 Å². The highest BCUT2D eigenvalue weighted by atomic mass is 32.2. The van der Waals surface area contributed by atoms with Crippen LogP contribution in [0, 0.1) is 0 Å². The van der Waals surface area contributed by atoms with Gasteiger partial charge >= 0.3 is 10.3 Å². The second-order valence-corrected chi connectivity index (χ2v) is 5.54. The van der Waals surface area contributed by atoms with Crippen LogP contribution in [-0.2, 0) is 23.1 Å². The van der Waals surface area contributed by atoms with E-state index in [1.807, 2.05) is 12.1 Å². The van der Waals surface area contributed by atoms with Crippen LogP contribution in [0.3, 0.4) is 0 Å². The van der Waals surface area contributed by atoms with Gasteiger partial charge in [-0.05, 0) is 42.5 Å². The van der Waals surface area contributed by atoms with Gasteiger partial charge in [0, 0.05) is 24.5 Å². The maximum atomic E-state index is 10.9. The van der Waals surface area contributed by atoms with E-state index < -0.39 is 10.3 Å². The third-order valence-corrected chi connectivity index (χ3v) is 3.59. The molecular weight excluding hydrogens is 264 g/mol. The lowest BCUT2D eigenvalue weighted by Gasteiger charge is -2.01. The second-order valence-electron chi connectivity index (χ2n) is 4.22. The predicted molar refractivity (Wildman–Crippen MR) is 69.8 cm³/mol. The Morgan fingerprint density at radius 1 is 1.00 bits per heavy atom. The third kappa shape index (κ3) is 4.11. The van der Waals surface area contributed by atoms with Gasteiger partial charge in [0.25, 0.3) is 0 Å². The summed E-state index contributed by atoms with van der Waals surface area (Å²) >= 11 is 0. The zero-order valence-corrected chi connectivity index (χ0v) is 11.1. The largest absolute Gasteiger partial charge is 0.511 e. The minimum Gasteiger partial charge on any atom is -0.265 e. The van der Waals surface area contributed by atoms with Gasteiger partial charge in [-0.2, -0.15) is 0 Å². The molecule has 2 rings (SSSR count). The Bertz CT molecular complexity index is 625. The van der Waals surface area contributed by atoms with Crippen LogP contribution in [0.1, 0.15) is 17.5 Å². The predicted octanol–water partition coefficient (Wildman–Crippen LogP) is 1.20. The van der Waals surface area contributed by atoms with Gasteiger partial charge in [-0.25, -0.2) is 4.55 Å². The van der Waals surface area contributed by atoms with Gasteiger partial charge in [0.2, 0.25) is 0 Å². The molecule has 100 valence electrons. The second kappa shape index (κ2) is 5.90. The number of aryl methyl sites for hydroxylation is 2. The van der Waals surface area contributed by atoms with Gasteiger partial charge in [-0.3, -0.25) is 4.98 Å². The van der Waals surface area contributed by atoms with Crippen LogP contribution in [0.2, 0.25) is 0 Å². The van der Waals surface area contributed by atoms with Gasteiger partial charge in [-0.15, -0.1) is 8.42 Å². The van der Waals surface area contributed by atoms with Crippen molar-refractivity contribution in [2.45, 2.75) is 19.3 Å². The van der Waals surface area contributed by atoms with E-state index >= 15 is 0 Å². The Balaban J connectivity index is 1.90. The smallest absolute Gasteiger partial charge is 0.265 e. The molecule has 0 aromatic carbocycles. The molecule has 0 aliphatic carbocycles. The number of aromatic nitrogens is 2. The van der Waals surface area contributed by atoms with Gasteiger partial charge in [0.05, 0.1) is 0 Å². The molecule has 6 heteroatoms. The van der Waals surface area contributed by atoms with E-state index in [0.29, 0.717) is 0 Å². The number of hydrogen-bond acceptors (Lipinski definition) is 3. The lowest BCUT2D eigenvalue weighted by atomic mass is 10.1. The van der Waals surface area contributed by atoms with Crippen molar-refractivity contribution in [3.05, 3.63) is 60.2 Å². The molecule has 0 atom stereocenters. The van der Waals surface area contributed by atoms with Crippen molar-refractivity contribution >= 4 is 10.3 Å². The lowest BCUT2D eigenvalue weighted by molar-refractivity contribution is -0.519. The van der Waals surface area contributed by atoms with Crippen LogP contribution < -0.4 is 3.97 Å². The zero-order valence-electron chi connectivity index (χ0n) is 10.3. The normalized spacial score (nSPS) is 11.4. The molecule has 2 heterocycles. The molecule has 0 spiro atoms. The monoisotopic (exact) mass is 279 g/mol. The van der Waals surface area contributed by atoms with Crippen molar-refractivity contribution in [1.82, 2.24) is 4.98 Å². The highest BCUT2D eigenvalue weighted by Crippen LogP contribution is 2.06. The topological polar surface area (TPSA) is 71.1 Å². The van der Waals surface area contributed by atoms with E-state index in [-0.39, 0.29) is 0 Å². The van der Waals surface area contributed by atoms with Crippen molar-refractivity contribution in [2.24, 2.45) is 0 Å². The molecule has 5 nitrogen and oxygen atoms in total. The van der Waals surface area contributed by atoms with E-state index in [1.165, 1.54) is 18.0 Å². The fraction of sp³-hybridized carbons (Fsp3) is 0.231. The minimum atomic E-state index is -4.17. The van der Waals surface area contributed by atoms with E-state index in [1.54, 1.807) is 24.5 Å². The number of nitrogens with zero attached hydrogens (tertiary/aromatic N) is 2. The van der Waals surface area contributed by atoms with Crippen molar-refractivity contribution in [3.8, 4) is 0 Å². The molecule has 0 radical (unpaired) electrons. The summed E-state index contributed by atoms with van der Waals surface area (Å²) in [6, 6.07) is 7.36. The summed E-state index contributed by atoms with van der Waals surface area (Å²) in [6.45, 7) is 0. The average Bonchev–Trinajstić information content (AvgIpc) is 2.39. The molecule has 0 saturated carbocycles. The molecule has 19 heavy (non-hydrogen) atoms. The summed E-state index contributed by atoms with van der Waals surface area (Å²) < 4.78 is 31.3. The molecule has 0 fully saturated rings. The summed E-state index contributed by atoms with van der Waals surface area (Å²) in [5.41, 5.74) is 2.27. The number of pyridine rings is 2. The molecule has 1 N–H and O–H groups in total. The molecule has 2 aromatic rings. The van der Waals surface area contributed by atoms with E-state index in [4.69, 9.17) is 4.55 Å². The number of rotatable bonds is 5. The summed E-state index contributed by atoms with van der Waals surface area (Å²) in [5, 5.41) is 0. The standard InChI is InChI=1S/C13H14N2O3S/c16-19(17,18)15-10-6-13(7-11-15)3-1-2-12-4-8-14-9-5-12/h4-11H,1-3H2/p+1. The van der Waals surface area contributed by atoms with Gasteiger partial charge in [-0.1, -0.05) is 3.97 Å². The molecule has 0 unspecified atom stereocenters. The SMILES string of the molecule is O=S(=O)(O)[n+]1ccc(CCCc2ccncc2)cc1. The molecule has 0 aliphatic heterocycles. The summed E-state index contributed by atoms with van der Waals surface area (Å²) in [7, 11) is -4.17. The van der Waals surface area contributed by atoms with Crippen LogP contribution in [0.25, 0.3) is 0 Å². The van der Waals surface area contributed by atoms with Gasteiger partial charge < -0.3 is 0 Å². The van der Waals surface area contributed by atoms with Crippen LogP contribution in [-0.4, -0.2) is 18.0 Å². The summed E-state index contributed by atoms with van der Waals surface area (Å²) in [6.07, 6.45) is 9.01. The van der Waals surface area contributed by atoms with E-state index in [9.17, 15) is 8.42 Å². The lowest BCUT2D eigenvalue weighted by Crippen LogP contribution is -2.41. The molecular formula is C13H15N2O3S+. The highest BCUT2D eigenvalue weighted by molar-refractivity contribution is 7.79. The summed E-state index contributed by atoms with van der Waals surface area (Å²) in [4.78, 5) is 3.96. The van der Waals surface area contributed by atoms with Crippen LogP contribution in [0.5, 0.6) is 0 Å². The zero-order chi connectivity index (χ0) is 13.7. The van der Waals surface area contributed by atoms with Crippen LogP contribution in [0.15, 0.2) is 49.1 Å². The Morgan fingerprint density at radius 3 is 2.05 bits per heavy atom. The van der Waals surface area contributed by atoms with Crippen LogP contribution in [0.4, 0.5) is 0 Å². The molecule has 0 saturated heterocycles.